The number of hydrogen-bond acceptors (Lipinski definition) is 4. The highest BCUT2D eigenvalue weighted by Crippen LogP contribution is 2.24. The lowest BCUT2D eigenvalue weighted by Gasteiger charge is -2.31. The summed E-state index contributed by atoms with van der Waals surface area (Å²) in [5, 5.41) is 11.3. The molecule has 8 heteroatoms. The molecule has 2 N–H and O–H groups in total. The fourth-order valence-corrected chi connectivity index (χ4v) is 3.98. The van der Waals surface area contributed by atoms with Gasteiger partial charge >= 0.3 is 0 Å². The summed E-state index contributed by atoms with van der Waals surface area (Å²) >= 11 is 0. The lowest BCUT2D eigenvalue weighted by atomic mass is 9.99. The molecule has 6 nitrogen and oxygen atoms in total. The Labute approximate surface area is 129 Å². The van der Waals surface area contributed by atoms with Crippen LogP contribution in [0, 0.1) is 11.7 Å². The molecule has 1 heterocycles. The Hall–Kier alpha value is -1.51. The van der Waals surface area contributed by atoms with Gasteiger partial charge < -0.3 is 10.4 Å². The van der Waals surface area contributed by atoms with Crippen molar-refractivity contribution >= 4 is 15.9 Å². The topological polar surface area (TPSA) is 86.7 Å². The van der Waals surface area contributed by atoms with Gasteiger partial charge in [-0.2, -0.15) is 4.31 Å². The van der Waals surface area contributed by atoms with Crippen LogP contribution in [-0.4, -0.2) is 50.0 Å². The Morgan fingerprint density at radius 3 is 2.68 bits per heavy atom. The van der Waals surface area contributed by atoms with Crippen LogP contribution in [0.5, 0.6) is 0 Å². The minimum Gasteiger partial charge on any atom is -0.395 e. The highest BCUT2D eigenvalue weighted by molar-refractivity contribution is 7.89. The number of carbonyl (C=O) groups is 1. The molecule has 0 bridgehead atoms. The van der Waals surface area contributed by atoms with Gasteiger partial charge in [0.1, 0.15) is 5.82 Å². The first-order valence-electron chi connectivity index (χ1n) is 7.09. The molecule has 0 radical (unpaired) electrons. The zero-order chi connectivity index (χ0) is 16.2. The van der Waals surface area contributed by atoms with Crippen LogP contribution in [0.15, 0.2) is 29.2 Å². The van der Waals surface area contributed by atoms with Crippen molar-refractivity contribution in [2.75, 3.05) is 26.2 Å². The molecular weight excluding hydrogens is 311 g/mol. The first kappa shape index (κ1) is 16.9. The standard InChI is InChI=1S/C14H19FN2O4S/c15-12-3-5-13(6-4-12)22(20,21)17-8-1-2-11(10-17)14(19)16-7-9-18/h3-6,11,18H,1-2,7-10H2,(H,16,19)/t11-/m0/s1. The second-order valence-corrected chi connectivity index (χ2v) is 7.11. The van der Waals surface area contributed by atoms with E-state index in [4.69, 9.17) is 5.11 Å². The molecule has 0 spiro atoms. The maximum absolute atomic E-state index is 12.9. The summed E-state index contributed by atoms with van der Waals surface area (Å²) in [5.41, 5.74) is 0. The van der Waals surface area contributed by atoms with Crippen molar-refractivity contribution in [3.05, 3.63) is 30.1 Å². The van der Waals surface area contributed by atoms with E-state index in [2.05, 4.69) is 5.32 Å². The minimum absolute atomic E-state index is 0.0188. The van der Waals surface area contributed by atoms with Crippen molar-refractivity contribution in [1.29, 1.82) is 0 Å². The van der Waals surface area contributed by atoms with Crippen molar-refractivity contribution in [1.82, 2.24) is 9.62 Å². The molecule has 1 aliphatic heterocycles. The van der Waals surface area contributed by atoms with Crippen molar-refractivity contribution in [2.24, 2.45) is 5.92 Å². The van der Waals surface area contributed by atoms with Gasteiger partial charge in [-0.1, -0.05) is 0 Å². The van der Waals surface area contributed by atoms with E-state index in [1.807, 2.05) is 0 Å². The number of benzene rings is 1. The van der Waals surface area contributed by atoms with Gasteiger partial charge in [0.25, 0.3) is 0 Å². The third kappa shape index (κ3) is 3.82. The second kappa shape index (κ2) is 7.17. The van der Waals surface area contributed by atoms with Crippen molar-refractivity contribution in [2.45, 2.75) is 17.7 Å². The lowest BCUT2D eigenvalue weighted by Crippen LogP contribution is -2.45. The summed E-state index contributed by atoms with van der Waals surface area (Å²) < 4.78 is 39.2. The number of halogens is 1. The van der Waals surface area contributed by atoms with Crippen LogP contribution in [0.1, 0.15) is 12.8 Å². The maximum Gasteiger partial charge on any atom is 0.243 e. The normalized spacial score (nSPS) is 19.8. The third-order valence-electron chi connectivity index (χ3n) is 3.62. The quantitative estimate of drug-likeness (QED) is 0.815. The minimum atomic E-state index is -3.73. The van der Waals surface area contributed by atoms with Gasteiger partial charge in [0.2, 0.25) is 15.9 Å². The molecule has 1 atom stereocenters. The van der Waals surface area contributed by atoms with E-state index in [1.165, 1.54) is 16.4 Å². The van der Waals surface area contributed by atoms with E-state index in [-0.39, 0.29) is 30.5 Å². The molecule has 1 aromatic rings. The van der Waals surface area contributed by atoms with Crippen LogP contribution in [0.3, 0.4) is 0 Å². The average Bonchev–Trinajstić information content (AvgIpc) is 2.53. The van der Waals surface area contributed by atoms with E-state index >= 15 is 0 Å². The first-order valence-corrected chi connectivity index (χ1v) is 8.53. The van der Waals surface area contributed by atoms with Crippen LogP contribution < -0.4 is 5.32 Å². The largest absolute Gasteiger partial charge is 0.395 e. The van der Waals surface area contributed by atoms with Crippen LogP contribution in [-0.2, 0) is 14.8 Å². The molecule has 1 aromatic carbocycles. The fourth-order valence-electron chi connectivity index (χ4n) is 2.45. The molecule has 2 rings (SSSR count). The Balaban J connectivity index is 2.11. The van der Waals surface area contributed by atoms with E-state index in [9.17, 15) is 17.6 Å². The number of hydrogen-bond donors (Lipinski definition) is 2. The number of aliphatic hydroxyl groups excluding tert-OH is 1. The van der Waals surface area contributed by atoms with Gasteiger partial charge in [-0.05, 0) is 37.1 Å². The fraction of sp³-hybridized carbons (Fsp3) is 0.500. The smallest absolute Gasteiger partial charge is 0.243 e. The van der Waals surface area contributed by atoms with Gasteiger partial charge in [-0.15, -0.1) is 0 Å². The predicted molar refractivity (Wildman–Crippen MR) is 78.0 cm³/mol. The van der Waals surface area contributed by atoms with Crippen molar-refractivity contribution in [3.63, 3.8) is 0 Å². The molecule has 0 unspecified atom stereocenters. The van der Waals surface area contributed by atoms with Crippen molar-refractivity contribution < 1.29 is 22.7 Å². The van der Waals surface area contributed by atoms with Crippen molar-refractivity contribution in [3.8, 4) is 0 Å². The number of nitrogens with one attached hydrogen (secondary N) is 1. The van der Waals surface area contributed by atoms with Gasteiger partial charge in [0.05, 0.1) is 17.4 Å². The summed E-state index contributed by atoms with van der Waals surface area (Å²) in [7, 11) is -3.73. The molecule has 1 amide bonds. The number of carbonyl (C=O) groups excluding carboxylic acids is 1. The Morgan fingerprint density at radius 1 is 1.36 bits per heavy atom. The van der Waals surface area contributed by atoms with Crippen LogP contribution in [0.2, 0.25) is 0 Å². The molecule has 1 saturated heterocycles. The zero-order valence-electron chi connectivity index (χ0n) is 12.0. The molecule has 0 aromatic heterocycles. The number of sulfonamides is 1. The van der Waals surface area contributed by atoms with E-state index < -0.39 is 21.8 Å². The second-order valence-electron chi connectivity index (χ2n) is 5.17. The molecule has 122 valence electrons. The Morgan fingerprint density at radius 2 is 2.05 bits per heavy atom. The predicted octanol–water partition coefficient (Wildman–Crippen LogP) is 0.335. The Bertz CT molecular complexity index is 618. The van der Waals surface area contributed by atoms with E-state index in [0.717, 1.165) is 12.1 Å². The summed E-state index contributed by atoms with van der Waals surface area (Å²) in [6.07, 6.45) is 1.18. The highest BCUT2D eigenvalue weighted by Gasteiger charge is 2.33. The molecule has 22 heavy (non-hydrogen) atoms. The Kier molecular flexibility index (Phi) is 5.49. The number of aliphatic hydroxyl groups is 1. The number of rotatable bonds is 5. The molecule has 0 aliphatic carbocycles. The molecule has 1 fully saturated rings. The van der Waals surface area contributed by atoms with Gasteiger partial charge in [-0.3, -0.25) is 4.79 Å². The van der Waals surface area contributed by atoms with E-state index in [1.54, 1.807) is 0 Å². The SMILES string of the molecule is O=C(NCCO)[C@H]1CCCN(S(=O)(=O)c2ccc(F)cc2)C1. The third-order valence-corrected chi connectivity index (χ3v) is 5.50. The monoisotopic (exact) mass is 330 g/mol. The highest BCUT2D eigenvalue weighted by atomic mass is 32.2. The summed E-state index contributed by atoms with van der Waals surface area (Å²) in [4.78, 5) is 11.9. The number of amides is 1. The average molecular weight is 330 g/mol. The van der Waals surface area contributed by atoms with E-state index in [0.29, 0.717) is 19.4 Å². The molecule has 0 saturated carbocycles. The number of piperidine rings is 1. The summed E-state index contributed by atoms with van der Waals surface area (Å²) in [5.74, 6) is -1.19. The van der Waals surface area contributed by atoms with Gasteiger partial charge in [0, 0.05) is 19.6 Å². The summed E-state index contributed by atoms with van der Waals surface area (Å²) in [6, 6.07) is 4.64. The summed E-state index contributed by atoms with van der Waals surface area (Å²) in [6.45, 7) is 0.427. The first-order chi connectivity index (χ1) is 10.4. The maximum atomic E-state index is 12.9. The van der Waals surface area contributed by atoms with Crippen LogP contribution in [0.4, 0.5) is 4.39 Å². The van der Waals surface area contributed by atoms with Gasteiger partial charge in [0.15, 0.2) is 0 Å². The van der Waals surface area contributed by atoms with Crippen LogP contribution in [0.25, 0.3) is 0 Å². The van der Waals surface area contributed by atoms with Gasteiger partial charge in [-0.25, -0.2) is 12.8 Å². The van der Waals surface area contributed by atoms with Crippen LogP contribution >= 0.6 is 0 Å². The lowest BCUT2D eigenvalue weighted by molar-refractivity contribution is -0.126. The molecular formula is C14H19FN2O4S. The zero-order valence-corrected chi connectivity index (χ0v) is 12.9. The number of nitrogens with zero attached hydrogens (tertiary/aromatic N) is 1. The molecule has 1 aliphatic rings.